The maximum absolute atomic E-state index is 13.3. The fourth-order valence-corrected chi connectivity index (χ4v) is 1.79. The molecule has 0 N–H and O–H groups in total. The van der Waals surface area contributed by atoms with Gasteiger partial charge in [0.15, 0.2) is 0 Å². The van der Waals surface area contributed by atoms with Crippen LogP contribution < -0.4 is 0 Å². The summed E-state index contributed by atoms with van der Waals surface area (Å²) in [6.07, 6.45) is -4.36. The molecule has 0 aromatic rings. The highest BCUT2D eigenvalue weighted by atomic mass is 19.3. The van der Waals surface area contributed by atoms with Crippen LogP contribution in [-0.4, -0.2) is 18.3 Å². The van der Waals surface area contributed by atoms with Gasteiger partial charge in [-0.3, -0.25) is 0 Å². The lowest BCUT2D eigenvalue weighted by Gasteiger charge is -2.47. The van der Waals surface area contributed by atoms with Crippen molar-refractivity contribution in [1.82, 2.24) is 0 Å². The SMILES string of the molecule is CC1CCC(C)(C(F)F)C(F)(F)C1(F)F. The summed E-state index contributed by atoms with van der Waals surface area (Å²) < 4.78 is 77.8. The Morgan fingerprint density at radius 1 is 1.13 bits per heavy atom. The van der Waals surface area contributed by atoms with Crippen molar-refractivity contribution in [2.75, 3.05) is 0 Å². The first-order chi connectivity index (χ1) is 6.57. The van der Waals surface area contributed by atoms with E-state index in [2.05, 4.69) is 0 Å². The molecule has 0 saturated heterocycles. The molecule has 1 aliphatic carbocycles. The molecule has 15 heavy (non-hydrogen) atoms. The van der Waals surface area contributed by atoms with Crippen LogP contribution in [0.25, 0.3) is 0 Å². The Kier molecular flexibility index (Phi) is 2.77. The van der Waals surface area contributed by atoms with Gasteiger partial charge in [-0.2, -0.15) is 17.6 Å². The van der Waals surface area contributed by atoms with Gasteiger partial charge in [0.2, 0.25) is 6.43 Å². The molecule has 2 unspecified atom stereocenters. The van der Waals surface area contributed by atoms with Crippen LogP contribution in [0.1, 0.15) is 26.7 Å². The van der Waals surface area contributed by atoms with Crippen LogP contribution >= 0.6 is 0 Å². The average molecular weight is 234 g/mol. The second-order valence-corrected chi connectivity index (χ2v) is 4.36. The topological polar surface area (TPSA) is 0 Å². The van der Waals surface area contributed by atoms with Crippen molar-refractivity contribution < 1.29 is 26.3 Å². The highest BCUT2D eigenvalue weighted by Gasteiger charge is 2.73. The third kappa shape index (κ3) is 1.44. The molecular formula is C9H12F6. The van der Waals surface area contributed by atoms with E-state index >= 15 is 0 Å². The zero-order valence-electron chi connectivity index (χ0n) is 8.34. The average Bonchev–Trinajstić information content (AvgIpc) is 2.10. The molecule has 2 atom stereocenters. The van der Waals surface area contributed by atoms with Crippen LogP contribution in [0.4, 0.5) is 26.3 Å². The second kappa shape index (κ2) is 3.28. The van der Waals surface area contributed by atoms with Crippen molar-refractivity contribution in [3.05, 3.63) is 0 Å². The van der Waals surface area contributed by atoms with Crippen molar-refractivity contribution in [3.8, 4) is 0 Å². The van der Waals surface area contributed by atoms with Crippen LogP contribution in [0, 0.1) is 11.3 Å². The normalized spacial score (nSPS) is 39.4. The van der Waals surface area contributed by atoms with Gasteiger partial charge in [-0.15, -0.1) is 0 Å². The van der Waals surface area contributed by atoms with Gasteiger partial charge >= 0.3 is 11.8 Å². The summed E-state index contributed by atoms with van der Waals surface area (Å²) in [6.45, 7) is 1.48. The smallest absolute Gasteiger partial charge is 0.210 e. The summed E-state index contributed by atoms with van der Waals surface area (Å²) in [5.74, 6) is -10.6. The Bertz CT molecular complexity index is 249. The Labute approximate surface area is 83.6 Å². The molecule has 1 rings (SSSR count). The van der Waals surface area contributed by atoms with Gasteiger partial charge in [0.05, 0.1) is 5.41 Å². The van der Waals surface area contributed by atoms with E-state index in [9.17, 15) is 26.3 Å². The maximum atomic E-state index is 13.3. The molecule has 0 aromatic heterocycles. The quantitative estimate of drug-likeness (QED) is 0.602. The van der Waals surface area contributed by atoms with Gasteiger partial charge in [0, 0.05) is 5.92 Å². The van der Waals surface area contributed by atoms with Crippen molar-refractivity contribution in [1.29, 1.82) is 0 Å². The molecule has 0 amide bonds. The van der Waals surface area contributed by atoms with Gasteiger partial charge in [-0.25, -0.2) is 8.78 Å². The van der Waals surface area contributed by atoms with Crippen LogP contribution in [0.5, 0.6) is 0 Å². The fraction of sp³-hybridized carbons (Fsp3) is 1.00. The molecule has 0 bridgehead atoms. The van der Waals surface area contributed by atoms with E-state index in [1.54, 1.807) is 0 Å². The van der Waals surface area contributed by atoms with Crippen LogP contribution in [0.2, 0.25) is 0 Å². The van der Waals surface area contributed by atoms with E-state index in [1.807, 2.05) is 0 Å². The minimum atomic E-state index is -4.66. The Hall–Kier alpha value is -0.420. The first kappa shape index (κ1) is 12.6. The van der Waals surface area contributed by atoms with E-state index in [0.717, 1.165) is 6.92 Å². The minimum Gasteiger partial charge on any atom is -0.210 e. The largest absolute Gasteiger partial charge is 0.321 e. The van der Waals surface area contributed by atoms with E-state index in [0.29, 0.717) is 6.92 Å². The molecular weight excluding hydrogens is 222 g/mol. The summed E-state index contributed by atoms with van der Waals surface area (Å²) in [5.41, 5.74) is -2.93. The number of hydrogen-bond acceptors (Lipinski definition) is 0. The zero-order chi connectivity index (χ0) is 12.1. The fourth-order valence-electron chi connectivity index (χ4n) is 1.79. The minimum absolute atomic E-state index is 0.316. The molecule has 1 fully saturated rings. The summed E-state index contributed by atoms with van der Waals surface area (Å²) in [6, 6.07) is 0. The van der Waals surface area contributed by atoms with E-state index in [1.165, 1.54) is 0 Å². The molecule has 0 aliphatic heterocycles. The molecule has 1 aliphatic rings. The molecule has 90 valence electrons. The lowest BCUT2D eigenvalue weighted by molar-refractivity contribution is -0.327. The van der Waals surface area contributed by atoms with Gasteiger partial charge in [0.25, 0.3) is 0 Å². The molecule has 6 heteroatoms. The third-order valence-corrected chi connectivity index (χ3v) is 3.33. The molecule has 0 radical (unpaired) electrons. The number of alkyl halides is 6. The molecule has 0 aromatic carbocycles. The van der Waals surface area contributed by atoms with Crippen LogP contribution in [0.3, 0.4) is 0 Å². The number of rotatable bonds is 1. The first-order valence-corrected chi connectivity index (χ1v) is 4.61. The lowest BCUT2D eigenvalue weighted by atomic mass is 9.67. The number of halogens is 6. The Morgan fingerprint density at radius 3 is 2.00 bits per heavy atom. The number of hydrogen-bond donors (Lipinski definition) is 0. The Balaban J connectivity index is 3.16. The predicted octanol–water partition coefficient (Wildman–Crippen LogP) is 3.96. The van der Waals surface area contributed by atoms with Crippen molar-refractivity contribution >= 4 is 0 Å². The maximum Gasteiger partial charge on any atom is 0.321 e. The highest BCUT2D eigenvalue weighted by Crippen LogP contribution is 2.59. The zero-order valence-corrected chi connectivity index (χ0v) is 8.34. The van der Waals surface area contributed by atoms with Gasteiger partial charge < -0.3 is 0 Å². The van der Waals surface area contributed by atoms with E-state index in [-0.39, 0.29) is 6.42 Å². The standard InChI is InChI=1S/C9H12F6/c1-5-3-4-7(2,6(10)11)9(14,15)8(5,12)13/h5-6H,3-4H2,1-2H3. The summed E-state index contributed by atoms with van der Waals surface area (Å²) in [5, 5.41) is 0. The monoisotopic (exact) mass is 234 g/mol. The third-order valence-electron chi connectivity index (χ3n) is 3.33. The van der Waals surface area contributed by atoms with Crippen molar-refractivity contribution in [3.63, 3.8) is 0 Å². The summed E-state index contributed by atoms with van der Waals surface area (Å²) in [4.78, 5) is 0. The van der Waals surface area contributed by atoms with Gasteiger partial charge in [-0.05, 0) is 19.8 Å². The first-order valence-electron chi connectivity index (χ1n) is 4.61. The molecule has 0 nitrogen and oxygen atoms in total. The van der Waals surface area contributed by atoms with Gasteiger partial charge in [-0.1, -0.05) is 6.92 Å². The van der Waals surface area contributed by atoms with E-state index in [4.69, 9.17) is 0 Å². The van der Waals surface area contributed by atoms with E-state index < -0.39 is 36.0 Å². The second-order valence-electron chi connectivity index (χ2n) is 4.36. The predicted molar refractivity (Wildman–Crippen MR) is 42.4 cm³/mol. The van der Waals surface area contributed by atoms with Crippen molar-refractivity contribution in [2.45, 2.75) is 45.0 Å². The van der Waals surface area contributed by atoms with Crippen LogP contribution in [-0.2, 0) is 0 Å². The molecule has 0 heterocycles. The van der Waals surface area contributed by atoms with Gasteiger partial charge in [0.1, 0.15) is 0 Å². The highest BCUT2D eigenvalue weighted by molar-refractivity contribution is 5.05. The molecule has 0 spiro atoms. The van der Waals surface area contributed by atoms with Crippen LogP contribution in [0.15, 0.2) is 0 Å². The Morgan fingerprint density at radius 2 is 1.60 bits per heavy atom. The summed E-state index contributed by atoms with van der Waals surface area (Å²) >= 11 is 0. The molecule has 1 saturated carbocycles. The summed E-state index contributed by atoms with van der Waals surface area (Å²) in [7, 11) is 0. The lowest BCUT2D eigenvalue weighted by Crippen LogP contribution is -2.61. The van der Waals surface area contributed by atoms with Crippen molar-refractivity contribution in [2.24, 2.45) is 11.3 Å².